The minimum absolute atomic E-state index is 0.0317. The van der Waals surface area contributed by atoms with Crippen molar-refractivity contribution in [3.05, 3.63) is 22.8 Å². The van der Waals surface area contributed by atoms with E-state index in [0.717, 1.165) is 31.1 Å². The second-order valence-corrected chi connectivity index (χ2v) is 15.8. The van der Waals surface area contributed by atoms with Crippen LogP contribution >= 0.6 is 0 Å². The zero-order valence-corrected chi connectivity index (χ0v) is 27.3. The minimum Gasteiger partial charge on any atom is -0.462 e. The molecule has 4 aliphatic rings. The van der Waals surface area contributed by atoms with Crippen LogP contribution in [0.1, 0.15) is 159 Å². The molecule has 222 valence electrons. The second kappa shape index (κ2) is 11.7. The Morgan fingerprint density at radius 1 is 0.949 bits per heavy atom. The van der Waals surface area contributed by atoms with Crippen molar-refractivity contribution < 1.29 is 9.53 Å². The lowest BCUT2D eigenvalue weighted by atomic mass is 9.43. The molecule has 0 aromatic rings. The zero-order chi connectivity index (χ0) is 28.6. The molecule has 0 radical (unpaired) electrons. The number of rotatable bonds is 10. The summed E-state index contributed by atoms with van der Waals surface area (Å²) in [6.45, 7) is 22.0. The van der Waals surface area contributed by atoms with Crippen molar-refractivity contribution in [2.24, 2.45) is 39.4 Å². The Kier molecular flexibility index (Phi) is 9.25. The number of fused-ring (bicyclic) bond motifs is 4. The Bertz CT molecular complexity index is 950. The summed E-state index contributed by atoms with van der Waals surface area (Å²) in [5.74, 6) is 2.28. The van der Waals surface area contributed by atoms with E-state index >= 15 is 0 Å². The van der Waals surface area contributed by atoms with E-state index in [0.29, 0.717) is 23.2 Å². The van der Waals surface area contributed by atoms with Crippen molar-refractivity contribution in [1.29, 1.82) is 0 Å². The van der Waals surface area contributed by atoms with Crippen LogP contribution in [0.3, 0.4) is 0 Å². The van der Waals surface area contributed by atoms with Crippen LogP contribution in [0.2, 0.25) is 0 Å². The molecule has 0 aromatic heterocycles. The second-order valence-electron chi connectivity index (χ2n) is 15.8. The average Bonchev–Trinajstić information content (AvgIpc) is 3.15. The Morgan fingerprint density at radius 2 is 1.69 bits per heavy atom. The lowest BCUT2D eigenvalue weighted by Crippen LogP contribution is -2.55. The van der Waals surface area contributed by atoms with Crippen LogP contribution < -0.4 is 0 Å². The summed E-state index contributed by atoms with van der Waals surface area (Å²) in [4.78, 5) is 12.8. The summed E-state index contributed by atoms with van der Waals surface area (Å²) in [6, 6.07) is 0. The van der Waals surface area contributed by atoms with Gasteiger partial charge in [-0.3, -0.25) is 4.79 Å². The number of hydrogen-bond acceptors (Lipinski definition) is 2. The SMILES string of the molecule is CCCCCCC(=O)O[C@H]1CC[C@]2(C)C3=C(CC[C@H]2C1(C)C)[C@]1(C)CC[C@H]([C@H](C)CCC=C(C)C)[C@@]1(C)CC3. The average molecular weight is 539 g/mol. The van der Waals surface area contributed by atoms with Gasteiger partial charge in [-0.15, -0.1) is 0 Å². The monoisotopic (exact) mass is 538 g/mol. The summed E-state index contributed by atoms with van der Waals surface area (Å²) in [6.07, 6.45) is 20.4. The first kappa shape index (κ1) is 30.9. The number of hydrogen-bond donors (Lipinski definition) is 0. The van der Waals surface area contributed by atoms with Crippen LogP contribution in [0.5, 0.6) is 0 Å². The molecular formula is C37H62O2. The number of carbonyl (C=O) groups is 1. The van der Waals surface area contributed by atoms with Crippen molar-refractivity contribution in [2.75, 3.05) is 0 Å². The Labute approximate surface area is 242 Å². The van der Waals surface area contributed by atoms with Crippen molar-refractivity contribution in [3.8, 4) is 0 Å². The predicted molar refractivity (Wildman–Crippen MR) is 166 cm³/mol. The standard InChI is InChI=1S/C37H62O2/c1-10-11-12-13-17-33(38)39-32-22-23-35(7)29-21-25-36(8)28(27(4)16-14-15-26(2)3)20-24-37(36,9)30(29)18-19-31(35)34(32,5)6/h15,27-28,31-32H,10-14,16-25H2,1-9H3/t27-,28-,31+,32+,35-,36-,37+/m1/s1. The van der Waals surface area contributed by atoms with Crippen molar-refractivity contribution in [3.63, 3.8) is 0 Å². The van der Waals surface area contributed by atoms with E-state index < -0.39 is 0 Å². The molecule has 0 heterocycles. The third kappa shape index (κ3) is 5.46. The van der Waals surface area contributed by atoms with Crippen molar-refractivity contribution >= 4 is 5.97 Å². The van der Waals surface area contributed by atoms with E-state index in [4.69, 9.17) is 4.74 Å². The molecule has 0 N–H and O–H groups in total. The van der Waals surface area contributed by atoms with Crippen LogP contribution in [0.4, 0.5) is 0 Å². The van der Waals surface area contributed by atoms with Crippen LogP contribution in [0.15, 0.2) is 22.8 Å². The van der Waals surface area contributed by atoms with E-state index in [1.165, 1.54) is 76.2 Å². The first-order valence-electron chi connectivity index (χ1n) is 16.9. The quantitative estimate of drug-likeness (QED) is 0.157. The van der Waals surface area contributed by atoms with E-state index in [9.17, 15) is 4.79 Å². The van der Waals surface area contributed by atoms with E-state index in [1.807, 2.05) is 11.1 Å². The fourth-order valence-electron chi connectivity index (χ4n) is 10.6. The molecular weight excluding hydrogens is 476 g/mol. The largest absolute Gasteiger partial charge is 0.462 e. The maximum Gasteiger partial charge on any atom is 0.306 e. The molecule has 0 aliphatic heterocycles. The third-order valence-corrected chi connectivity index (χ3v) is 13.1. The van der Waals surface area contributed by atoms with E-state index in [-0.39, 0.29) is 22.9 Å². The van der Waals surface area contributed by atoms with Crippen LogP contribution in [-0.2, 0) is 9.53 Å². The number of allylic oxidation sites excluding steroid dienone is 4. The van der Waals surface area contributed by atoms with Gasteiger partial charge in [-0.25, -0.2) is 0 Å². The Hall–Kier alpha value is -1.05. The molecule has 0 saturated heterocycles. The first-order valence-corrected chi connectivity index (χ1v) is 16.9. The molecule has 0 bridgehead atoms. The molecule has 2 nitrogen and oxygen atoms in total. The van der Waals surface area contributed by atoms with Gasteiger partial charge in [-0.05, 0) is 118 Å². The summed E-state index contributed by atoms with van der Waals surface area (Å²) < 4.78 is 6.25. The van der Waals surface area contributed by atoms with E-state index in [1.54, 1.807) is 0 Å². The van der Waals surface area contributed by atoms with Gasteiger partial charge in [0.15, 0.2) is 0 Å². The Balaban J connectivity index is 1.52. The highest BCUT2D eigenvalue weighted by Gasteiger charge is 2.63. The molecule has 39 heavy (non-hydrogen) atoms. The van der Waals surface area contributed by atoms with Crippen LogP contribution in [0, 0.1) is 39.4 Å². The van der Waals surface area contributed by atoms with Gasteiger partial charge in [-0.1, -0.05) is 90.5 Å². The number of carbonyl (C=O) groups excluding carboxylic acids is 1. The molecule has 0 spiro atoms. The van der Waals surface area contributed by atoms with Gasteiger partial charge in [0.1, 0.15) is 6.10 Å². The fraction of sp³-hybridized carbons (Fsp3) is 0.865. The Morgan fingerprint density at radius 3 is 2.38 bits per heavy atom. The first-order chi connectivity index (χ1) is 18.3. The van der Waals surface area contributed by atoms with Gasteiger partial charge in [0.05, 0.1) is 0 Å². The van der Waals surface area contributed by atoms with Gasteiger partial charge in [0, 0.05) is 11.8 Å². The highest BCUT2D eigenvalue weighted by atomic mass is 16.5. The molecule has 4 aliphatic carbocycles. The summed E-state index contributed by atoms with van der Waals surface area (Å²) in [7, 11) is 0. The van der Waals surface area contributed by atoms with Crippen LogP contribution in [0.25, 0.3) is 0 Å². The van der Waals surface area contributed by atoms with Crippen molar-refractivity contribution in [2.45, 2.75) is 165 Å². The van der Waals surface area contributed by atoms with E-state index in [2.05, 4.69) is 68.4 Å². The molecule has 0 aromatic carbocycles. The number of ether oxygens (including phenoxy) is 1. The molecule has 4 rings (SSSR count). The molecule has 2 saturated carbocycles. The number of esters is 1. The predicted octanol–water partition coefficient (Wildman–Crippen LogP) is 11.0. The molecule has 0 amide bonds. The highest BCUT2D eigenvalue weighted by molar-refractivity contribution is 5.69. The van der Waals surface area contributed by atoms with Crippen molar-refractivity contribution in [1.82, 2.24) is 0 Å². The van der Waals surface area contributed by atoms with Gasteiger partial charge in [-0.2, -0.15) is 0 Å². The smallest absolute Gasteiger partial charge is 0.306 e. The normalized spacial score (nSPS) is 37.9. The minimum atomic E-state index is 0.0317. The summed E-state index contributed by atoms with van der Waals surface area (Å²) in [5.41, 5.74) is 6.25. The fourth-order valence-corrected chi connectivity index (χ4v) is 10.6. The molecule has 0 unspecified atom stereocenters. The van der Waals surface area contributed by atoms with Crippen LogP contribution in [-0.4, -0.2) is 12.1 Å². The third-order valence-electron chi connectivity index (χ3n) is 13.1. The molecule has 7 atom stereocenters. The summed E-state index contributed by atoms with van der Waals surface area (Å²) in [5, 5.41) is 0. The van der Waals surface area contributed by atoms with Gasteiger partial charge in [0.25, 0.3) is 0 Å². The maximum absolute atomic E-state index is 12.8. The van der Waals surface area contributed by atoms with Gasteiger partial charge in [0.2, 0.25) is 0 Å². The topological polar surface area (TPSA) is 26.3 Å². The highest BCUT2D eigenvalue weighted by Crippen LogP contribution is 2.72. The molecule has 2 heteroatoms. The number of unbranched alkanes of at least 4 members (excludes halogenated alkanes) is 3. The lowest BCUT2D eigenvalue weighted by molar-refractivity contribution is -0.170. The maximum atomic E-state index is 12.8. The zero-order valence-electron chi connectivity index (χ0n) is 27.3. The van der Waals surface area contributed by atoms with Gasteiger partial charge >= 0.3 is 5.97 Å². The van der Waals surface area contributed by atoms with Gasteiger partial charge < -0.3 is 4.74 Å². The summed E-state index contributed by atoms with van der Waals surface area (Å²) >= 11 is 0. The molecule has 2 fully saturated rings. The lowest BCUT2D eigenvalue weighted by Gasteiger charge is -2.62.